The zero-order chi connectivity index (χ0) is 13.1. The lowest BCUT2D eigenvalue weighted by Gasteiger charge is -2.20. The highest BCUT2D eigenvalue weighted by Gasteiger charge is 2.23. The Morgan fingerprint density at radius 2 is 2.17 bits per heavy atom. The van der Waals surface area contributed by atoms with Gasteiger partial charge in [0.1, 0.15) is 0 Å². The summed E-state index contributed by atoms with van der Waals surface area (Å²) in [5.41, 5.74) is 0.267. The SMILES string of the molecule is O=C(Nc1cc(Cl)cc(Cl)c1O)C1CCCCS1. The summed E-state index contributed by atoms with van der Waals surface area (Å²) in [5, 5.41) is 12.9. The minimum absolute atomic E-state index is 0.0593. The Labute approximate surface area is 120 Å². The first-order valence-electron chi connectivity index (χ1n) is 5.68. The fourth-order valence-electron chi connectivity index (χ4n) is 1.82. The first-order chi connectivity index (χ1) is 8.58. The fourth-order valence-corrected chi connectivity index (χ4v) is 3.51. The molecule has 0 aliphatic carbocycles. The molecule has 1 aliphatic rings. The van der Waals surface area contributed by atoms with E-state index >= 15 is 0 Å². The van der Waals surface area contributed by atoms with E-state index < -0.39 is 0 Å². The first-order valence-corrected chi connectivity index (χ1v) is 7.49. The predicted octanol–water partition coefficient (Wildman–Crippen LogP) is 3.92. The largest absolute Gasteiger partial charge is 0.504 e. The number of halogens is 2. The van der Waals surface area contributed by atoms with Gasteiger partial charge < -0.3 is 10.4 Å². The molecule has 0 aromatic heterocycles. The van der Waals surface area contributed by atoms with Crippen LogP contribution in [0.15, 0.2) is 12.1 Å². The van der Waals surface area contributed by atoms with Crippen molar-refractivity contribution in [1.82, 2.24) is 0 Å². The van der Waals surface area contributed by atoms with Crippen LogP contribution in [0.25, 0.3) is 0 Å². The Morgan fingerprint density at radius 3 is 2.83 bits per heavy atom. The van der Waals surface area contributed by atoms with Crippen LogP contribution in [-0.4, -0.2) is 22.0 Å². The third kappa shape index (κ3) is 3.25. The number of hydrogen-bond donors (Lipinski definition) is 2. The van der Waals surface area contributed by atoms with E-state index in [1.807, 2.05) is 0 Å². The van der Waals surface area contributed by atoms with E-state index in [1.54, 1.807) is 11.8 Å². The second-order valence-electron chi connectivity index (χ2n) is 4.13. The van der Waals surface area contributed by atoms with Gasteiger partial charge in [0, 0.05) is 5.02 Å². The molecule has 1 atom stereocenters. The molecular formula is C12H13Cl2NO2S. The van der Waals surface area contributed by atoms with Gasteiger partial charge in [-0.1, -0.05) is 29.6 Å². The minimum Gasteiger partial charge on any atom is -0.504 e. The molecule has 1 aliphatic heterocycles. The molecule has 98 valence electrons. The average Bonchev–Trinajstić information content (AvgIpc) is 2.36. The van der Waals surface area contributed by atoms with E-state index in [-0.39, 0.29) is 27.6 Å². The lowest BCUT2D eigenvalue weighted by Crippen LogP contribution is -2.27. The molecule has 0 spiro atoms. The number of aromatic hydroxyl groups is 1. The molecule has 1 aromatic carbocycles. The number of carbonyl (C=O) groups is 1. The van der Waals surface area contributed by atoms with Crippen molar-refractivity contribution in [3.63, 3.8) is 0 Å². The van der Waals surface area contributed by atoms with Gasteiger partial charge in [-0.05, 0) is 30.7 Å². The Hall–Kier alpha value is -0.580. The number of nitrogens with one attached hydrogen (secondary N) is 1. The highest BCUT2D eigenvalue weighted by molar-refractivity contribution is 8.00. The van der Waals surface area contributed by atoms with Crippen molar-refractivity contribution in [2.24, 2.45) is 0 Å². The van der Waals surface area contributed by atoms with Crippen molar-refractivity contribution < 1.29 is 9.90 Å². The van der Waals surface area contributed by atoms with E-state index in [0.717, 1.165) is 25.0 Å². The summed E-state index contributed by atoms with van der Waals surface area (Å²) in [6.07, 6.45) is 3.08. The number of carbonyl (C=O) groups excluding carboxylic acids is 1. The molecule has 0 bridgehead atoms. The van der Waals surface area contributed by atoms with Crippen LogP contribution in [0, 0.1) is 0 Å². The second-order valence-corrected chi connectivity index (χ2v) is 6.28. The Morgan fingerprint density at radius 1 is 1.39 bits per heavy atom. The van der Waals surface area contributed by atoms with E-state index in [2.05, 4.69) is 5.32 Å². The van der Waals surface area contributed by atoms with Crippen molar-refractivity contribution in [1.29, 1.82) is 0 Å². The van der Waals surface area contributed by atoms with E-state index in [4.69, 9.17) is 23.2 Å². The molecule has 1 aromatic rings. The molecule has 1 unspecified atom stereocenters. The molecule has 18 heavy (non-hydrogen) atoms. The third-order valence-corrected chi connectivity index (χ3v) is 4.64. The zero-order valence-corrected chi connectivity index (χ0v) is 11.9. The number of phenolic OH excluding ortho intramolecular Hbond substituents is 1. The van der Waals surface area contributed by atoms with Crippen LogP contribution in [0.1, 0.15) is 19.3 Å². The van der Waals surface area contributed by atoms with Crippen molar-refractivity contribution in [2.45, 2.75) is 24.5 Å². The summed E-state index contributed by atoms with van der Waals surface area (Å²) in [7, 11) is 0. The molecule has 1 fully saturated rings. The molecule has 1 saturated heterocycles. The molecular weight excluding hydrogens is 293 g/mol. The predicted molar refractivity (Wildman–Crippen MR) is 76.9 cm³/mol. The number of thioether (sulfide) groups is 1. The Balaban J connectivity index is 2.11. The van der Waals surface area contributed by atoms with Crippen molar-refractivity contribution >= 4 is 46.6 Å². The molecule has 2 N–H and O–H groups in total. The highest BCUT2D eigenvalue weighted by Crippen LogP contribution is 2.36. The summed E-state index contributed by atoms with van der Waals surface area (Å²) in [5.74, 6) is 0.754. The van der Waals surface area contributed by atoms with Crippen molar-refractivity contribution in [3.05, 3.63) is 22.2 Å². The van der Waals surface area contributed by atoms with E-state index in [0.29, 0.717) is 5.02 Å². The summed E-state index contributed by atoms with van der Waals surface area (Å²) in [4.78, 5) is 12.0. The molecule has 3 nitrogen and oxygen atoms in total. The molecule has 6 heteroatoms. The van der Waals surface area contributed by atoms with Gasteiger partial charge in [0.05, 0.1) is 16.0 Å². The summed E-state index contributed by atoms with van der Waals surface area (Å²) in [6.45, 7) is 0. The number of rotatable bonds is 2. The van der Waals surface area contributed by atoms with Gasteiger partial charge in [0.2, 0.25) is 5.91 Å². The van der Waals surface area contributed by atoms with Crippen molar-refractivity contribution in [2.75, 3.05) is 11.1 Å². The maximum Gasteiger partial charge on any atom is 0.237 e. The minimum atomic E-state index is -0.143. The van der Waals surface area contributed by atoms with E-state index in [9.17, 15) is 9.90 Å². The quantitative estimate of drug-likeness (QED) is 0.814. The number of benzene rings is 1. The smallest absolute Gasteiger partial charge is 0.237 e. The zero-order valence-electron chi connectivity index (χ0n) is 9.58. The van der Waals surface area contributed by atoms with Crippen LogP contribution in [0.2, 0.25) is 10.0 Å². The van der Waals surface area contributed by atoms with Gasteiger partial charge in [-0.25, -0.2) is 0 Å². The third-order valence-electron chi connectivity index (χ3n) is 2.76. The van der Waals surface area contributed by atoms with Gasteiger partial charge in [-0.3, -0.25) is 4.79 Å². The van der Waals surface area contributed by atoms with Crippen LogP contribution < -0.4 is 5.32 Å². The van der Waals surface area contributed by atoms with E-state index in [1.165, 1.54) is 12.1 Å². The number of hydrogen-bond acceptors (Lipinski definition) is 3. The van der Waals surface area contributed by atoms with Crippen LogP contribution >= 0.6 is 35.0 Å². The molecule has 0 saturated carbocycles. The topological polar surface area (TPSA) is 49.3 Å². The van der Waals surface area contributed by atoms with Gasteiger partial charge >= 0.3 is 0 Å². The van der Waals surface area contributed by atoms with Gasteiger partial charge in [-0.15, -0.1) is 11.8 Å². The number of anilines is 1. The van der Waals surface area contributed by atoms with Crippen LogP contribution in [0.3, 0.4) is 0 Å². The van der Waals surface area contributed by atoms with Crippen LogP contribution in [0.5, 0.6) is 5.75 Å². The first kappa shape index (κ1) is 13.8. The molecule has 1 heterocycles. The van der Waals surface area contributed by atoms with Crippen LogP contribution in [0.4, 0.5) is 5.69 Å². The van der Waals surface area contributed by atoms with Gasteiger partial charge in [-0.2, -0.15) is 0 Å². The summed E-state index contributed by atoms with van der Waals surface area (Å²) in [6, 6.07) is 2.93. The van der Waals surface area contributed by atoms with Crippen molar-refractivity contribution in [3.8, 4) is 5.75 Å². The lowest BCUT2D eigenvalue weighted by atomic mass is 10.1. The summed E-state index contributed by atoms with van der Waals surface area (Å²) < 4.78 is 0. The fraction of sp³-hybridized carbons (Fsp3) is 0.417. The number of amides is 1. The van der Waals surface area contributed by atoms with Crippen LogP contribution in [-0.2, 0) is 4.79 Å². The highest BCUT2D eigenvalue weighted by atomic mass is 35.5. The average molecular weight is 306 g/mol. The van der Waals surface area contributed by atoms with Gasteiger partial charge in [0.15, 0.2) is 5.75 Å². The molecule has 2 rings (SSSR count). The normalized spacial score (nSPS) is 19.6. The Bertz CT molecular complexity index is 462. The van der Waals surface area contributed by atoms with Gasteiger partial charge in [0.25, 0.3) is 0 Å². The standard InChI is InChI=1S/C12H13Cl2NO2S/c13-7-5-8(14)11(16)9(6-7)15-12(17)10-3-1-2-4-18-10/h5-6,10,16H,1-4H2,(H,15,17). The summed E-state index contributed by atoms with van der Waals surface area (Å²) >= 11 is 13.3. The maximum atomic E-state index is 12.0. The lowest BCUT2D eigenvalue weighted by molar-refractivity contribution is -0.115. The molecule has 1 amide bonds. The number of phenols is 1. The monoisotopic (exact) mass is 305 g/mol. The second kappa shape index (κ2) is 6.04. The maximum absolute atomic E-state index is 12.0. The molecule has 0 radical (unpaired) electrons. The Kier molecular flexibility index (Phi) is 4.65.